The number of ketones is 1. The number of Topliss-reactive ketones (excluding diaryl/α,β-unsaturated/α-hetero) is 1. The van der Waals surface area contributed by atoms with Crippen LogP contribution in [0.2, 0.25) is 0 Å². The summed E-state index contributed by atoms with van der Waals surface area (Å²) in [5.74, 6) is -0.479. The standard InChI is InChI=1S/C13H16.C8H7FO.C2H6/c1-4-6-11(3)13-9-7-12(5-2)8-10-13;1-6(10)7-3-2-4-8(9)5-7;1-2/h5,7-10H,2-4,6H2,1H3;2-5H,1H3;1-2H3. The molecule has 2 aromatic rings. The zero-order valence-electron chi connectivity index (χ0n) is 15.8. The van der Waals surface area contributed by atoms with Crippen LogP contribution < -0.4 is 0 Å². The highest BCUT2D eigenvalue weighted by molar-refractivity contribution is 5.93. The van der Waals surface area contributed by atoms with E-state index in [-0.39, 0.29) is 11.6 Å². The molecule has 134 valence electrons. The fourth-order valence-electron chi connectivity index (χ4n) is 2.01. The number of benzene rings is 2. The monoisotopic (exact) mass is 340 g/mol. The number of carbonyl (C=O) groups excluding carboxylic acids is 1. The first-order valence-electron chi connectivity index (χ1n) is 8.65. The van der Waals surface area contributed by atoms with Gasteiger partial charge < -0.3 is 0 Å². The zero-order chi connectivity index (χ0) is 19.2. The number of hydrogen-bond donors (Lipinski definition) is 0. The first kappa shape index (κ1) is 22.5. The van der Waals surface area contributed by atoms with E-state index in [0.29, 0.717) is 5.56 Å². The maximum atomic E-state index is 12.4. The first-order valence-corrected chi connectivity index (χ1v) is 8.65. The van der Waals surface area contributed by atoms with Gasteiger partial charge in [0.2, 0.25) is 0 Å². The van der Waals surface area contributed by atoms with Crippen LogP contribution in [-0.4, -0.2) is 5.78 Å². The molecular weight excluding hydrogens is 311 g/mol. The minimum absolute atomic E-state index is 0.112. The van der Waals surface area contributed by atoms with Gasteiger partial charge >= 0.3 is 0 Å². The van der Waals surface area contributed by atoms with E-state index in [1.807, 2.05) is 19.9 Å². The van der Waals surface area contributed by atoms with Crippen molar-refractivity contribution >= 4 is 17.4 Å². The van der Waals surface area contributed by atoms with Crippen molar-refractivity contribution in [2.45, 2.75) is 40.5 Å². The first-order chi connectivity index (χ1) is 12.0. The lowest BCUT2D eigenvalue weighted by molar-refractivity contribution is 0.101. The number of hydrogen-bond acceptors (Lipinski definition) is 1. The van der Waals surface area contributed by atoms with E-state index in [1.165, 1.54) is 36.3 Å². The van der Waals surface area contributed by atoms with Crippen molar-refractivity contribution in [2.75, 3.05) is 0 Å². The summed E-state index contributed by atoms with van der Waals surface area (Å²) in [6.45, 7) is 15.3. The maximum Gasteiger partial charge on any atom is 0.159 e. The van der Waals surface area contributed by atoms with Gasteiger partial charge in [0.05, 0.1) is 0 Å². The summed E-state index contributed by atoms with van der Waals surface area (Å²) < 4.78 is 12.4. The van der Waals surface area contributed by atoms with Crippen LogP contribution in [0.5, 0.6) is 0 Å². The van der Waals surface area contributed by atoms with Crippen LogP contribution in [0.4, 0.5) is 4.39 Å². The molecule has 0 fully saturated rings. The smallest absolute Gasteiger partial charge is 0.159 e. The molecule has 1 nitrogen and oxygen atoms in total. The highest BCUT2D eigenvalue weighted by Gasteiger charge is 1.98. The number of allylic oxidation sites excluding steroid dienone is 1. The molecule has 0 heterocycles. The lowest BCUT2D eigenvalue weighted by Crippen LogP contribution is -1.91. The Morgan fingerprint density at radius 2 is 1.68 bits per heavy atom. The maximum absolute atomic E-state index is 12.4. The van der Waals surface area contributed by atoms with Crippen LogP contribution in [-0.2, 0) is 0 Å². The second-order valence-electron chi connectivity index (χ2n) is 5.25. The Kier molecular flexibility index (Phi) is 11.6. The van der Waals surface area contributed by atoms with Gasteiger partial charge in [-0.05, 0) is 42.2 Å². The van der Waals surface area contributed by atoms with Crippen LogP contribution in [0.25, 0.3) is 11.6 Å². The Labute approximate surface area is 151 Å². The normalized spacial score (nSPS) is 9.00. The molecule has 0 amide bonds. The fraction of sp³-hybridized carbons (Fsp3) is 0.261. The van der Waals surface area contributed by atoms with Crippen molar-refractivity contribution in [3.8, 4) is 0 Å². The summed E-state index contributed by atoms with van der Waals surface area (Å²) in [7, 11) is 0. The molecule has 0 radical (unpaired) electrons. The highest BCUT2D eigenvalue weighted by Crippen LogP contribution is 2.18. The largest absolute Gasteiger partial charge is 0.295 e. The molecule has 0 aromatic heterocycles. The molecule has 0 aliphatic heterocycles. The van der Waals surface area contributed by atoms with E-state index in [9.17, 15) is 9.18 Å². The molecule has 0 spiro atoms. The molecule has 0 atom stereocenters. The van der Waals surface area contributed by atoms with Crippen molar-refractivity contribution in [3.63, 3.8) is 0 Å². The predicted molar refractivity (Wildman–Crippen MR) is 108 cm³/mol. The molecular formula is C23H29FO. The molecule has 2 rings (SSSR count). The topological polar surface area (TPSA) is 17.1 Å². The van der Waals surface area contributed by atoms with E-state index in [0.717, 1.165) is 18.4 Å². The van der Waals surface area contributed by atoms with Crippen LogP contribution in [0.1, 0.15) is 62.0 Å². The zero-order valence-corrected chi connectivity index (χ0v) is 15.8. The predicted octanol–water partition coefficient (Wildman–Crippen LogP) is 7.20. The van der Waals surface area contributed by atoms with Crippen molar-refractivity contribution < 1.29 is 9.18 Å². The van der Waals surface area contributed by atoms with E-state index < -0.39 is 0 Å². The van der Waals surface area contributed by atoms with Crippen LogP contribution >= 0.6 is 0 Å². The lowest BCUT2D eigenvalue weighted by Gasteiger charge is -2.03. The number of carbonyl (C=O) groups is 1. The van der Waals surface area contributed by atoms with E-state index in [1.54, 1.807) is 6.07 Å². The van der Waals surface area contributed by atoms with Gasteiger partial charge in [0, 0.05) is 5.56 Å². The third-order valence-corrected chi connectivity index (χ3v) is 3.34. The van der Waals surface area contributed by atoms with Crippen molar-refractivity contribution in [2.24, 2.45) is 0 Å². The quantitative estimate of drug-likeness (QED) is 0.526. The van der Waals surface area contributed by atoms with Gasteiger partial charge in [-0.1, -0.05) is 82.8 Å². The molecule has 0 N–H and O–H groups in total. The van der Waals surface area contributed by atoms with Gasteiger partial charge in [-0.3, -0.25) is 4.79 Å². The van der Waals surface area contributed by atoms with Crippen LogP contribution in [0.15, 0.2) is 61.7 Å². The summed E-state index contributed by atoms with van der Waals surface area (Å²) in [5, 5.41) is 0. The third-order valence-electron chi connectivity index (χ3n) is 3.34. The highest BCUT2D eigenvalue weighted by atomic mass is 19.1. The molecule has 0 bridgehead atoms. The Morgan fingerprint density at radius 1 is 1.08 bits per heavy atom. The second-order valence-corrected chi connectivity index (χ2v) is 5.25. The average molecular weight is 340 g/mol. The molecule has 0 aliphatic rings. The summed E-state index contributed by atoms with van der Waals surface area (Å²) >= 11 is 0. The summed E-state index contributed by atoms with van der Waals surface area (Å²) in [6, 6.07) is 14.0. The van der Waals surface area contributed by atoms with Crippen LogP contribution in [0, 0.1) is 5.82 Å². The molecule has 2 heteroatoms. The summed E-state index contributed by atoms with van der Waals surface area (Å²) in [6.07, 6.45) is 4.09. The molecule has 0 unspecified atom stereocenters. The number of rotatable bonds is 5. The molecule has 25 heavy (non-hydrogen) atoms. The van der Waals surface area contributed by atoms with E-state index in [4.69, 9.17) is 0 Å². The Hall–Kier alpha value is -2.48. The van der Waals surface area contributed by atoms with Crippen molar-refractivity contribution in [3.05, 3.63) is 84.2 Å². The SMILES string of the molecule is C=Cc1ccc(C(=C)CCC)cc1.CC.CC(=O)c1cccc(F)c1. The van der Waals surface area contributed by atoms with Gasteiger partial charge in [-0.2, -0.15) is 0 Å². The molecule has 0 saturated carbocycles. The lowest BCUT2D eigenvalue weighted by atomic mass is 10.0. The van der Waals surface area contributed by atoms with Gasteiger partial charge in [-0.15, -0.1) is 0 Å². The Bertz CT molecular complexity index is 669. The fourth-order valence-corrected chi connectivity index (χ4v) is 2.01. The van der Waals surface area contributed by atoms with Crippen molar-refractivity contribution in [1.82, 2.24) is 0 Å². The van der Waals surface area contributed by atoms with Gasteiger partial charge in [0.1, 0.15) is 5.82 Å². The summed E-state index contributed by atoms with van der Waals surface area (Å²) in [5.41, 5.74) is 4.04. The second kappa shape index (κ2) is 12.9. The molecule has 0 aliphatic carbocycles. The van der Waals surface area contributed by atoms with Gasteiger partial charge in [0.15, 0.2) is 5.78 Å². The van der Waals surface area contributed by atoms with E-state index >= 15 is 0 Å². The van der Waals surface area contributed by atoms with E-state index in [2.05, 4.69) is 44.3 Å². The minimum Gasteiger partial charge on any atom is -0.295 e. The average Bonchev–Trinajstić information content (AvgIpc) is 2.64. The van der Waals surface area contributed by atoms with Gasteiger partial charge in [0.25, 0.3) is 0 Å². The minimum atomic E-state index is -0.368. The van der Waals surface area contributed by atoms with Gasteiger partial charge in [-0.25, -0.2) is 4.39 Å². The third kappa shape index (κ3) is 8.80. The molecule has 0 saturated heterocycles. The van der Waals surface area contributed by atoms with Crippen molar-refractivity contribution in [1.29, 1.82) is 0 Å². The van der Waals surface area contributed by atoms with Crippen LogP contribution in [0.3, 0.4) is 0 Å². The summed E-state index contributed by atoms with van der Waals surface area (Å²) in [4.78, 5) is 10.6. The Morgan fingerprint density at radius 3 is 2.08 bits per heavy atom. The molecule has 2 aromatic carbocycles. The Balaban J connectivity index is 0.000000430. The number of halogens is 1.